The molecule has 0 saturated carbocycles. The lowest BCUT2D eigenvalue weighted by atomic mass is 10.1. The SMILES string of the molecule is COc1ccccc1NC(=O)CNCCC(C)C. The van der Waals surface area contributed by atoms with Crippen LogP contribution in [0.1, 0.15) is 20.3 Å². The van der Waals surface area contributed by atoms with Crippen molar-refractivity contribution in [2.75, 3.05) is 25.5 Å². The molecule has 1 amide bonds. The van der Waals surface area contributed by atoms with Gasteiger partial charge in [-0.15, -0.1) is 0 Å². The van der Waals surface area contributed by atoms with Crippen LogP contribution >= 0.6 is 0 Å². The van der Waals surface area contributed by atoms with Gasteiger partial charge in [-0.1, -0.05) is 26.0 Å². The predicted molar refractivity (Wildman–Crippen MR) is 73.9 cm³/mol. The molecule has 0 heterocycles. The average molecular weight is 250 g/mol. The number of nitrogens with one attached hydrogen (secondary N) is 2. The van der Waals surface area contributed by atoms with Gasteiger partial charge >= 0.3 is 0 Å². The van der Waals surface area contributed by atoms with Crippen molar-refractivity contribution in [3.8, 4) is 5.75 Å². The fourth-order valence-electron chi connectivity index (χ4n) is 1.53. The Balaban J connectivity index is 2.35. The summed E-state index contributed by atoms with van der Waals surface area (Å²) in [5.74, 6) is 1.27. The zero-order chi connectivity index (χ0) is 13.4. The number of carbonyl (C=O) groups is 1. The molecule has 1 aromatic carbocycles. The van der Waals surface area contributed by atoms with Gasteiger partial charge in [0.1, 0.15) is 5.75 Å². The molecule has 0 bridgehead atoms. The van der Waals surface area contributed by atoms with E-state index in [1.165, 1.54) is 0 Å². The van der Waals surface area contributed by atoms with Crippen LogP contribution in [0, 0.1) is 5.92 Å². The van der Waals surface area contributed by atoms with Crippen molar-refractivity contribution in [2.24, 2.45) is 5.92 Å². The minimum absolute atomic E-state index is 0.0525. The highest BCUT2D eigenvalue weighted by Crippen LogP contribution is 2.22. The molecule has 18 heavy (non-hydrogen) atoms. The van der Waals surface area contributed by atoms with Gasteiger partial charge in [0.05, 0.1) is 19.3 Å². The van der Waals surface area contributed by atoms with Gasteiger partial charge in [0.15, 0.2) is 0 Å². The van der Waals surface area contributed by atoms with Crippen LogP contribution in [0.15, 0.2) is 24.3 Å². The highest BCUT2D eigenvalue weighted by atomic mass is 16.5. The number of para-hydroxylation sites is 2. The lowest BCUT2D eigenvalue weighted by Crippen LogP contribution is -2.29. The molecule has 0 aromatic heterocycles. The van der Waals surface area contributed by atoms with Gasteiger partial charge in [0.2, 0.25) is 5.91 Å². The van der Waals surface area contributed by atoms with Crippen LogP contribution in [0.3, 0.4) is 0 Å². The second-order valence-electron chi connectivity index (χ2n) is 4.61. The maximum absolute atomic E-state index is 11.7. The first-order chi connectivity index (χ1) is 8.63. The summed E-state index contributed by atoms with van der Waals surface area (Å²) < 4.78 is 5.17. The van der Waals surface area contributed by atoms with Crippen molar-refractivity contribution < 1.29 is 9.53 Å². The zero-order valence-electron chi connectivity index (χ0n) is 11.3. The maximum Gasteiger partial charge on any atom is 0.238 e. The summed E-state index contributed by atoms with van der Waals surface area (Å²) in [7, 11) is 1.59. The fraction of sp³-hybridized carbons (Fsp3) is 0.500. The summed E-state index contributed by atoms with van der Waals surface area (Å²) in [6.07, 6.45) is 1.07. The molecule has 0 atom stereocenters. The number of methoxy groups -OCH3 is 1. The van der Waals surface area contributed by atoms with Crippen LogP contribution in [-0.2, 0) is 4.79 Å². The molecule has 1 aromatic rings. The summed E-state index contributed by atoms with van der Waals surface area (Å²) in [5, 5.41) is 5.94. The lowest BCUT2D eigenvalue weighted by Gasteiger charge is -2.10. The van der Waals surface area contributed by atoms with Gasteiger partial charge in [-0.25, -0.2) is 0 Å². The Hall–Kier alpha value is -1.55. The first-order valence-corrected chi connectivity index (χ1v) is 6.27. The summed E-state index contributed by atoms with van der Waals surface area (Å²) >= 11 is 0. The Bertz CT molecular complexity index is 378. The molecule has 0 spiro atoms. The Labute approximate surface area is 109 Å². The van der Waals surface area contributed by atoms with Gasteiger partial charge in [0.25, 0.3) is 0 Å². The summed E-state index contributed by atoms with van der Waals surface area (Å²) in [6.45, 7) is 5.51. The van der Waals surface area contributed by atoms with Gasteiger partial charge in [-0.3, -0.25) is 4.79 Å². The molecular weight excluding hydrogens is 228 g/mol. The molecular formula is C14H22N2O2. The first-order valence-electron chi connectivity index (χ1n) is 6.27. The smallest absolute Gasteiger partial charge is 0.238 e. The molecule has 4 nitrogen and oxygen atoms in total. The third-order valence-corrected chi connectivity index (χ3v) is 2.57. The third-order valence-electron chi connectivity index (χ3n) is 2.57. The van der Waals surface area contributed by atoms with Gasteiger partial charge in [-0.2, -0.15) is 0 Å². The Morgan fingerprint density at radius 3 is 2.72 bits per heavy atom. The molecule has 4 heteroatoms. The summed E-state index contributed by atoms with van der Waals surface area (Å²) in [6, 6.07) is 7.38. The molecule has 0 aliphatic rings. The summed E-state index contributed by atoms with van der Waals surface area (Å²) in [4.78, 5) is 11.7. The number of benzene rings is 1. The van der Waals surface area contributed by atoms with E-state index in [0.29, 0.717) is 23.9 Å². The van der Waals surface area contributed by atoms with Crippen LogP contribution < -0.4 is 15.4 Å². The van der Waals surface area contributed by atoms with Crippen molar-refractivity contribution in [2.45, 2.75) is 20.3 Å². The predicted octanol–water partition coefficient (Wildman–Crippen LogP) is 2.27. The Kier molecular flexibility index (Phi) is 6.22. The molecule has 0 saturated heterocycles. The molecule has 1 rings (SSSR count). The fourth-order valence-corrected chi connectivity index (χ4v) is 1.53. The molecule has 0 radical (unpaired) electrons. The van der Waals surface area contributed by atoms with E-state index >= 15 is 0 Å². The Morgan fingerprint density at radius 2 is 2.06 bits per heavy atom. The van der Waals surface area contributed by atoms with E-state index in [1.54, 1.807) is 7.11 Å². The van der Waals surface area contributed by atoms with E-state index in [4.69, 9.17) is 4.74 Å². The van der Waals surface area contributed by atoms with Crippen molar-refractivity contribution >= 4 is 11.6 Å². The average Bonchev–Trinajstić information content (AvgIpc) is 2.35. The molecule has 100 valence electrons. The molecule has 2 N–H and O–H groups in total. The molecule has 0 aliphatic heterocycles. The quantitative estimate of drug-likeness (QED) is 0.730. The van der Waals surface area contributed by atoms with E-state index in [9.17, 15) is 4.79 Å². The highest BCUT2D eigenvalue weighted by molar-refractivity contribution is 5.93. The minimum Gasteiger partial charge on any atom is -0.495 e. The standard InChI is InChI=1S/C14H22N2O2/c1-11(2)8-9-15-10-14(17)16-12-6-4-5-7-13(12)18-3/h4-7,11,15H,8-10H2,1-3H3,(H,16,17). The first kappa shape index (κ1) is 14.5. The lowest BCUT2D eigenvalue weighted by molar-refractivity contribution is -0.115. The van der Waals surface area contributed by atoms with E-state index in [1.807, 2.05) is 24.3 Å². The van der Waals surface area contributed by atoms with E-state index in [2.05, 4.69) is 24.5 Å². The molecule has 0 fully saturated rings. The number of rotatable bonds is 7. The second kappa shape index (κ2) is 7.71. The molecule has 0 unspecified atom stereocenters. The van der Waals surface area contributed by atoms with E-state index in [-0.39, 0.29) is 5.91 Å². The summed E-state index contributed by atoms with van der Waals surface area (Å²) in [5.41, 5.74) is 0.704. The largest absolute Gasteiger partial charge is 0.495 e. The maximum atomic E-state index is 11.7. The van der Waals surface area contributed by atoms with Crippen molar-refractivity contribution in [3.63, 3.8) is 0 Å². The number of hydrogen-bond donors (Lipinski definition) is 2. The van der Waals surface area contributed by atoms with Crippen molar-refractivity contribution in [1.82, 2.24) is 5.32 Å². The number of anilines is 1. The van der Waals surface area contributed by atoms with Crippen LogP contribution in [0.25, 0.3) is 0 Å². The van der Waals surface area contributed by atoms with Crippen LogP contribution in [0.2, 0.25) is 0 Å². The molecule has 0 aliphatic carbocycles. The number of hydrogen-bond acceptors (Lipinski definition) is 3. The van der Waals surface area contributed by atoms with Crippen molar-refractivity contribution in [1.29, 1.82) is 0 Å². The number of carbonyl (C=O) groups excluding carboxylic acids is 1. The normalized spacial score (nSPS) is 10.4. The topological polar surface area (TPSA) is 50.4 Å². The van der Waals surface area contributed by atoms with E-state index in [0.717, 1.165) is 13.0 Å². The van der Waals surface area contributed by atoms with Crippen LogP contribution in [0.4, 0.5) is 5.69 Å². The second-order valence-corrected chi connectivity index (χ2v) is 4.61. The zero-order valence-corrected chi connectivity index (χ0v) is 11.3. The number of amides is 1. The minimum atomic E-state index is -0.0525. The van der Waals surface area contributed by atoms with E-state index < -0.39 is 0 Å². The number of ether oxygens (including phenoxy) is 1. The van der Waals surface area contributed by atoms with Gasteiger partial charge in [0, 0.05) is 0 Å². The third kappa shape index (κ3) is 5.19. The Morgan fingerprint density at radius 1 is 1.33 bits per heavy atom. The van der Waals surface area contributed by atoms with Gasteiger partial charge in [-0.05, 0) is 31.0 Å². The monoisotopic (exact) mass is 250 g/mol. The van der Waals surface area contributed by atoms with Crippen LogP contribution in [-0.4, -0.2) is 26.1 Å². The van der Waals surface area contributed by atoms with Crippen LogP contribution in [0.5, 0.6) is 5.75 Å². The van der Waals surface area contributed by atoms with Crippen molar-refractivity contribution in [3.05, 3.63) is 24.3 Å². The van der Waals surface area contributed by atoms with Gasteiger partial charge < -0.3 is 15.4 Å². The highest BCUT2D eigenvalue weighted by Gasteiger charge is 2.06.